The largest absolute Gasteiger partial charge is 0.508 e. The van der Waals surface area contributed by atoms with Crippen LogP contribution in [0.4, 0.5) is 0 Å². The predicted octanol–water partition coefficient (Wildman–Crippen LogP) is 4.12. The Morgan fingerprint density at radius 2 is 1.58 bits per heavy atom. The number of phenols is 2. The predicted molar refractivity (Wildman–Crippen MR) is 126 cm³/mol. The summed E-state index contributed by atoms with van der Waals surface area (Å²) >= 11 is 0. The van der Waals surface area contributed by atoms with Gasteiger partial charge in [-0.25, -0.2) is 4.79 Å². The first-order valence-corrected chi connectivity index (χ1v) is 11.5. The van der Waals surface area contributed by atoms with E-state index in [1.165, 1.54) is 36.4 Å². The van der Waals surface area contributed by atoms with Gasteiger partial charge in [-0.3, -0.25) is 9.59 Å². The SMILES string of the molecule is CCCCC(C(=O)O)c1cc2c(cc1C(N)=O)C(=O)OC21c2ccc(O)cc2Oc2cc(O)ccc21. The van der Waals surface area contributed by atoms with Crippen molar-refractivity contribution in [3.05, 3.63) is 81.9 Å². The number of carboxylic acids is 1. The Balaban J connectivity index is 1.85. The summed E-state index contributed by atoms with van der Waals surface area (Å²) in [6, 6.07) is 11.5. The Hall–Kier alpha value is -4.53. The van der Waals surface area contributed by atoms with Crippen LogP contribution in [0.2, 0.25) is 0 Å². The molecule has 5 rings (SSSR count). The van der Waals surface area contributed by atoms with Crippen molar-refractivity contribution in [2.45, 2.75) is 37.7 Å². The van der Waals surface area contributed by atoms with Crippen molar-refractivity contribution in [1.82, 2.24) is 0 Å². The number of rotatable bonds is 6. The van der Waals surface area contributed by atoms with Crippen LogP contribution >= 0.6 is 0 Å². The van der Waals surface area contributed by atoms with E-state index in [2.05, 4.69) is 0 Å². The summed E-state index contributed by atoms with van der Waals surface area (Å²) in [4.78, 5) is 37.9. The molecule has 1 spiro atoms. The summed E-state index contributed by atoms with van der Waals surface area (Å²) in [5, 5.41) is 30.2. The fraction of sp³-hybridized carbons (Fsp3) is 0.222. The minimum Gasteiger partial charge on any atom is -0.508 e. The second-order valence-electron chi connectivity index (χ2n) is 8.92. The molecule has 5 N–H and O–H groups in total. The van der Waals surface area contributed by atoms with Crippen molar-refractivity contribution in [2.24, 2.45) is 5.73 Å². The van der Waals surface area contributed by atoms with Crippen molar-refractivity contribution < 1.29 is 39.2 Å². The van der Waals surface area contributed by atoms with Crippen molar-refractivity contribution in [3.63, 3.8) is 0 Å². The molecule has 9 heteroatoms. The number of hydrogen-bond donors (Lipinski definition) is 4. The molecule has 1 amide bonds. The third-order valence-corrected chi connectivity index (χ3v) is 6.73. The van der Waals surface area contributed by atoms with Gasteiger partial charge >= 0.3 is 11.9 Å². The Labute approximate surface area is 205 Å². The van der Waals surface area contributed by atoms with Gasteiger partial charge < -0.3 is 30.5 Å². The molecule has 0 saturated heterocycles. The minimum absolute atomic E-state index is 0.0600. The van der Waals surface area contributed by atoms with Gasteiger partial charge in [0, 0.05) is 34.4 Å². The molecule has 2 heterocycles. The van der Waals surface area contributed by atoms with Crippen LogP contribution in [-0.4, -0.2) is 33.2 Å². The maximum absolute atomic E-state index is 13.2. The molecule has 3 aromatic rings. The molecule has 0 saturated carbocycles. The molecule has 36 heavy (non-hydrogen) atoms. The number of carboxylic acid groups (broad SMARTS) is 1. The van der Waals surface area contributed by atoms with Gasteiger partial charge in [0.2, 0.25) is 5.91 Å². The van der Waals surface area contributed by atoms with Gasteiger partial charge in [-0.2, -0.15) is 0 Å². The number of fused-ring (bicyclic) bond motifs is 6. The lowest BCUT2D eigenvalue weighted by Crippen LogP contribution is -2.33. The lowest BCUT2D eigenvalue weighted by atomic mass is 9.75. The highest BCUT2D eigenvalue weighted by atomic mass is 16.6. The Bertz CT molecular complexity index is 1390. The van der Waals surface area contributed by atoms with Gasteiger partial charge in [-0.05, 0) is 48.4 Å². The zero-order valence-corrected chi connectivity index (χ0v) is 19.3. The molecule has 9 nitrogen and oxygen atoms in total. The van der Waals surface area contributed by atoms with Crippen LogP contribution in [0.5, 0.6) is 23.0 Å². The monoisotopic (exact) mass is 489 g/mol. The number of nitrogens with two attached hydrogens (primary N) is 1. The Morgan fingerprint density at radius 1 is 0.972 bits per heavy atom. The third-order valence-electron chi connectivity index (χ3n) is 6.73. The third kappa shape index (κ3) is 3.35. The molecular weight excluding hydrogens is 466 g/mol. The molecule has 2 aliphatic heterocycles. The molecule has 0 aromatic heterocycles. The molecule has 184 valence electrons. The summed E-state index contributed by atoms with van der Waals surface area (Å²) in [5.41, 5.74) is 5.33. The van der Waals surface area contributed by atoms with Crippen LogP contribution in [0.1, 0.15) is 75.1 Å². The number of aliphatic carboxylic acids is 1. The first-order chi connectivity index (χ1) is 17.2. The minimum atomic E-state index is -1.57. The van der Waals surface area contributed by atoms with Gasteiger partial charge in [0.15, 0.2) is 5.60 Å². The fourth-order valence-electron chi connectivity index (χ4n) is 5.08. The number of benzene rings is 3. The van der Waals surface area contributed by atoms with Gasteiger partial charge in [0.1, 0.15) is 23.0 Å². The van der Waals surface area contributed by atoms with E-state index in [1.807, 2.05) is 6.92 Å². The zero-order valence-electron chi connectivity index (χ0n) is 19.3. The number of ether oxygens (including phenoxy) is 2. The standard InChI is InChI=1S/C27H23NO8/c1-2-3-4-15(25(32)33)16-12-21-18(11-17(16)24(28)31)26(34)36-27(21)19-7-5-13(29)9-22(19)35-23-10-14(30)6-8-20(23)27/h5-12,15,29-30H,2-4H2,1H3,(H2,28,31)(H,32,33). The van der Waals surface area contributed by atoms with Crippen molar-refractivity contribution >= 4 is 17.8 Å². The summed E-state index contributed by atoms with van der Waals surface area (Å²) in [6.45, 7) is 1.93. The number of aromatic hydroxyl groups is 2. The summed E-state index contributed by atoms with van der Waals surface area (Å²) in [6.07, 6.45) is 1.62. The van der Waals surface area contributed by atoms with Gasteiger partial charge in [-0.1, -0.05) is 19.8 Å². The summed E-state index contributed by atoms with van der Waals surface area (Å²) in [7, 11) is 0. The highest BCUT2D eigenvalue weighted by molar-refractivity contribution is 6.03. The number of hydrogen-bond acceptors (Lipinski definition) is 7. The molecule has 0 bridgehead atoms. The van der Waals surface area contributed by atoms with Crippen LogP contribution < -0.4 is 10.5 Å². The van der Waals surface area contributed by atoms with Gasteiger partial charge in [0.05, 0.1) is 11.5 Å². The fourth-order valence-corrected chi connectivity index (χ4v) is 5.08. The zero-order chi connectivity index (χ0) is 25.8. The second kappa shape index (κ2) is 8.30. The van der Waals surface area contributed by atoms with E-state index in [-0.39, 0.29) is 46.1 Å². The van der Waals surface area contributed by atoms with E-state index in [1.54, 1.807) is 12.1 Å². The van der Waals surface area contributed by atoms with Crippen LogP contribution in [-0.2, 0) is 15.1 Å². The average molecular weight is 489 g/mol. The van der Waals surface area contributed by atoms with E-state index in [0.717, 1.165) is 6.42 Å². The molecule has 1 unspecified atom stereocenters. The normalized spacial score (nSPS) is 15.3. The van der Waals surface area contributed by atoms with Gasteiger partial charge in [0.25, 0.3) is 0 Å². The lowest BCUT2D eigenvalue weighted by Gasteiger charge is -2.36. The molecular formula is C27H23NO8. The number of unbranched alkanes of at least 4 members (excludes halogenated alkanes) is 1. The van der Waals surface area contributed by atoms with Crippen LogP contribution in [0.15, 0.2) is 48.5 Å². The number of esters is 1. The quantitative estimate of drug-likeness (QED) is 0.377. The number of carbonyl (C=O) groups is 3. The molecule has 0 fully saturated rings. The van der Waals surface area contributed by atoms with Crippen molar-refractivity contribution in [3.8, 4) is 23.0 Å². The van der Waals surface area contributed by atoms with Crippen molar-refractivity contribution in [1.29, 1.82) is 0 Å². The van der Waals surface area contributed by atoms with Crippen LogP contribution in [0.25, 0.3) is 0 Å². The number of primary amides is 1. The summed E-state index contributed by atoms with van der Waals surface area (Å²) in [5.74, 6) is -3.55. The summed E-state index contributed by atoms with van der Waals surface area (Å²) < 4.78 is 11.9. The lowest BCUT2D eigenvalue weighted by molar-refractivity contribution is -0.139. The highest BCUT2D eigenvalue weighted by Gasteiger charge is 2.54. The smallest absolute Gasteiger partial charge is 0.340 e. The molecule has 3 aromatic carbocycles. The van der Waals surface area contributed by atoms with E-state index in [4.69, 9.17) is 15.2 Å². The highest BCUT2D eigenvalue weighted by Crippen LogP contribution is 2.57. The van der Waals surface area contributed by atoms with Crippen LogP contribution in [0, 0.1) is 0 Å². The molecule has 0 aliphatic carbocycles. The second-order valence-corrected chi connectivity index (χ2v) is 8.92. The van der Waals surface area contributed by atoms with Crippen LogP contribution in [0.3, 0.4) is 0 Å². The number of phenolic OH excluding ortho intramolecular Hbond substituents is 2. The van der Waals surface area contributed by atoms with Gasteiger partial charge in [-0.15, -0.1) is 0 Å². The first-order valence-electron chi connectivity index (χ1n) is 11.5. The topological polar surface area (TPSA) is 156 Å². The number of carbonyl (C=O) groups excluding carboxylic acids is 2. The van der Waals surface area contributed by atoms with E-state index < -0.39 is 29.4 Å². The Morgan fingerprint density at radius 3 is 2.11 bits per heavy atom. The average Bonchev–Trinajstić information content (AvgIpc) is 3.10. The van der Waals surface area contributed by atoms with Crippen molar-refractivity contribution in [2.75, 3.05) is 0 Å². The maximum atomic E-state index is 13.2. The van der Waals surface area contributed by atoms with E-state index in [0.29, 0.717) is 23.1 Å². The molecule has 2 aliphatic rings. The number of amides is 1. The molecule has 1 atom stereocenters. The maximum Gasteiger partial charge on any atom is 0.340 e. The van der Waals surface area contributed by atoms with E-state index >= 15 is 0 Å². The first kappa shape index (κ1) is 23.2. The van der Waals surface area contributed by atoms with E-state index in [9.17, 15) is 29.7 Å². The molecule has 0 radical (unpaired) electrons. The Kier molecular flexibility index (Phi) is 5.35.